The Hall–Kier alpha value is -0.890. The Bertz CT molecular complexity index is 350. The van der Waals surface area contributed by atoms with Crippen LogP contribution in [0.1, 0.15) is 30.7 Å². The van der Waals surface area contributed by atoms with E-state index in [9.17, 15) is 4.39 Å². The summed E-state index contributed by atoms with van der Waals surface area (Å²) in [6, 6.07) is 8.36. The minimum absolute atomic E-state index is 0.106. The van der Waals surface area contributed by atoms with Gasteiger partial charge in [-0.05, 0) is 37.0 Å². The molecule has 3 atom stereocenters. The van der Waals surface area contributed by atoms with Crippen molar-refractivity contribution in [3.63, 3.8) is 0 Å². The molecule has 2 aliphatic rings. The smallest absolute Gasteiger partial charge is 0.123 e. The molecule has 0 amide bonds. The number of hydrogen-bond acceptors (Lipinski definition) is 1. The molecule has 2 fully saturated rings. The number of fused-ring (bicyclic) bond motifs is 2. The minimum Gasteiger partial charge on any atom is -0.311 e. The highest BCUT2D eigenvalue weighted by atomic mass is 19.1. The zero-order valence-electron chi connectivity index (χ0n) is 8.04. The summed E-state index contributed by atoms with van der Waals surface area (Å²) < 4.78 is 13.0. The SMILES string of the molecule is Fc1cccc(C2CC3CCC2N3)c1. The third kappa shape index (κ3) is 1.25. The van der Waals surface area contributed by atoms with Crippen LogP contribution in [0, 0.1) is 5.82 Å². The Morgan fingerprint density at radius 2 is 2.21 bits per heavy atom. The average Bonchev–Trinajstić information content (AvgIpc) is 2.78. The van der Waals surface area contributed by atoms with Crippen LogP contribution in [0.5, 0.6) is 0 Å². The number of nitrogens with one attached hydrogen (secondary N) is 1. The standard InChI is InChI=1S/C12H14FN/c13-9-3-1-2-8(6-9)11-7-10-4-5-12(11)14-10/h1-3,6,10-12,14H,4-5,7H2. The fourth-order valence-electron chi connectivity index (χ4n) is 2.93. The second-order valence-corrected chi connectivity index (χ2v) is 4.44. The fraction of sp³-hybridized carbons (Fsp3) is 0.500. The quantitative estimate of drug-likeness (QED) is 0.719. The summed E-state index contributed by atoms with van der Waals surface area (Å²) in [5.74, 6) is 0.440. The van der Waals surface area contributed by atoms with E-state index in [1.54, 1.807) is 6.07 Å². The predicted octanol–water partition coefficient (Wildman–Crippen LogP) is 2.43. The first-order valence-electron chi connectivity index (χ1n) is 5.34. The van der Waals surface area contributed by atoms with Gasteiger partial charge in [-0.3, -0.25) is 0 Å². The molecule has 0 spiro atoms. The van der Waals surface area contributed by atoms with Crippen molar-refractivity contribution in [2.24, 2.45) is 0 Å². The molecular weight excluding hydrogens is 177 g/mol. The van der Waals surface area contributed by atoms with Crippen molar-refractivity contribution in [2.45, 2.75) is 37.3 Å². The molecule has 0 aliphatic carbocycles. The van der Waals surface area contributed by atoms with Crippen LogP contribution < -0.4 is 5.32 Å². The van der Waals surface area contributed by atoms with Crippen molar-refractivity contribution >= 4 is 0 Å². The van der Waals surface area contributed by atoms with E-state index < -0.39 is 0 Å². The lowest BCUT2D eigenvalue weighted by atomic mass is 9.84. The summed E-state index contributed by atoms with van der Waals surface area (Å²) in [7, 11) is 0. The van der Waals surface area contributed by atoms with Crippen LogP contribution in [0.25, 0.3) is 0 Å². The minimum atomic E-state index is -0.106. The Kier molecular flexibility index (Phi) is 1.84. The van der Waals surface area contributed by atoms with E-state index in [-0.39, 0.29) is 5.82 Å². The molecule has 2 heteroatoms. The Balaban J connectivity index is 1.89. The van der Waals surface area contributed by atoms with Gasteiger partial charge in [-0.1, -0.05) is 12.1 Å². The maximum absolute atomic E-state index is 13.0. The summed E-state index contributed by atoms with van der Waals surface area (Å²) in [4.78, 5) is 0. The zero-order valence-corrected chi connectivity index (χ0v) is 8.04. The van der Waals surface area contributed by atoms with Crippen LogP contribution in [0.15, 0.2) is 24.3 Å². The molecule has 2 bridgehead atoms. The molecule has 3 rings (SSSR count). The van der Waals surface area contributed by atoms with Gasteiger partial charge in [0, 0.05) is 18.0 Å². The molecule has 74 valence electrons. The summed E-state index contributed by atoms with van der Waals surface area (Å²) in [5, 5.41) is 3.57. The molecule has 1 aromatic rings. The lowest BCUT2D eigenvalue weighted by Gasteiger charge is -2.20. The van der Waals surface area contributed by atoms with Crippen LogP contribution in [-0.4, -0.2) is 12.1 Å². The second-order valence-electron chi connectivity index (χ2n) is 4.44. The molecule has 1 N–H and O–H groups in total. The highest BCUT2D eigenvalue weighted by Gasteiger charge is 2.39. The van der Waals surface area contributed by atoms with Gasteiger partial charge in [0.05, 0.1) is 0 Å². The Morgan fingerprint density at radius 1 is 1.29 bits per heavy atom. The number of hydrogen-bond donors (Lipinski definition) is 1. The third-order valence-electron chi connectivity index (χ3n) is 3.58. The third-order valence-corrected chi connectivity index (χ3v) is 3.58. The summed E-state index contributed by atoms with van der Waals surface area (Å²) in [6.45, 7) is 0. The lowest BCUT2D eigenvalue weighted by molar-refractivity contribution is 0.503. The Morgan fingerprint density at radius 3 is 2.86 bits per heavy atom. The molecule has 2 heterocycles. The van der Waals surface area contributed by atoms with E-state index in [4.69, 9.17) is 0 Å². The molecule has 0 aromatic heterocycles. The summed E-state index contributed by atoms with van der Waals surface area (Å²) in [6.07, 6.45) is 3.75. The lowest BCUT2D eigenvalue weighted by Crippen LogP contribution is -2.21. The van der Waals surface area contributed by atoms with Crippen molar-refractivity contribution in [2.75, 3.05) is 0 Å². The molecule has 2 saturated heterocycles. The van der Waals surface area contributed by atoms with Gasteiger partial charge in [0.25, 0.3) is 0 Å². The van der Waals surface area contributed by atoms with Gasteiger partial charge in [-0.25, -0.2) is 4.39 Å². The maximum Gasteiger partial charge on any atom is 0.123 e. The van der Waals surface area contributed by atoms with E-state index >= 15 is 0 Å². The van der Waals surface area contributed by atoms with Gasteiger partial charge in [-0.2, -0.15) is 0 Å². The molecule has 14 heavy (non-hydrogen) atoms. The number of rotatable bonds is 1. The molecule has 1 nitrogen and oxygen atoms in total. The largest absolute Gasteiger partial charge is 0.311 e. The van der Waals surface area contributed by atoms with Crippen molar-refractivity contribution in [3.05, 3.63) is 35.6 Å². The normalized spacial score (nSPS) is 35.1. The van der Waals surface area contributed by atoms with Crippen molar-refractivity contribution < 1.29 is 4.39 Å². The monoisotopic (exact) mass is 191 g/mol. The van der Waals surface area contributed by atoms with Crippen molar-refractivity contribution in [1.82, 2.24) is 5.32 Å². The molecule has 0 saturated carbocycles. The van der Waals surface area contributed by atoms with Crippen molar-refractivity contribution in [1.29, 1.82) is 0 Å². The van der Waals surface area contributed by atoms with Crippen LogP contribution >= 0.6 is 0 Å². The second kappa shape index (κ2) is 3.06. The first kappa shape index (κ1) is 8.42. The zero-order chi connectivity index (χ0) is 9.54. The topological polar surface area (TPSA) is 12.0 Å². The Labute approximate surface area is 83.3 Å². The molecular formula is C12H14FN. The fourth-order valence-corrected chi connectivity index (χ4v) is 2.93. The molecule has 1 aromatic carbocycles. The van der Waals surface area contributed by atoms with E-state index in [1.165, 1.54) is 30.9 Å². The van der Waals surface area contributed by atoms with Gasteiger partial charge in [0.1, 0.15) is 5.82 Å². The van der Waals surface area contributed by atoms with Crippen LogP contribution in [0.2, 0.25) is 0 Å². The predicted molar refractivity (Wildman–Crippen MR) is 53.7 cm³/mol. The van der Waals surface area contributed by atoms with Gasteiger partial charge in [0.2, 0.25) is 0 Å². The van der Waals surface area contributed by atoms with Gasteiger partial charge >= 0.3 is 0 Å². The highest BCUT2D eigenvalue weighted by Crippen LogP contribution is 2.39. The molecule has 3 unspecified atom stereocenters. The summed E-state index contributed by atoms with van der Waals surface area (Å²) >= 11 is 0. The first-order chi connectivity index (χ1) is 6.83. The first-order valence-corrected chi connectivity index (χ1v) is 5.34. The van der Waals surface area contributed by atoms with Crippen molar-refractivity contribution in [3.8, 4) is 0 Å². The van der Waals surface area contributed by atoms with Crippen LogP contribution in [-0.2, 0) is 0 Å². The van der Waals surface area contributed by atoms with E-state index in [0.29, 0.717) is 18.0 Å². The van der Waals surface area contributed by atoms with Crippen LogP contribution in [0.4, 0.5) is 4.39 Å². The average molecular weight is 191 g/mol. The highest BCUT2D eigenvalue weighted by molar-refractivity contribution is 5.25. The van der Waals surface area contributed by atoms with Gasteiger partial charge in [-0.15, -0.1) is 0 Å². The van der Waals surface area contributed by atoms with E-state index in [2.05, 4.69) is 11.4 Å². The van der Waals surface area contributed by atoms with Gasteiger partial charge < -0.3 is 5.32 Å². The number of benzene rings is 1. The molecule has 2 aliphatic heterocycles. The number of halogens is 1. The van der Waals surface area contributed by atoms with E-state index in [0.717, 1.165) is 0 Å². The molecule has 0 radical (unpaired) electrons. The summed E-state index contributed by atoms with van der Waals surface area (Å²) in [5.41, 5.74) is 1.17. The van der Waals surface area contributed by atoms with E-state index in [1.807, 2.05) is 6.07 Å². The van der Waals surface area contributed by atoms with Crippen LogP contribution in [0.3, 0.4) is 0 Å². The van der Waals surface area contributed by atoms with Gasteiger partial charge in [0.15, 0.2) is 0 Å². The maximum atomic E-state index is 13.0.